The first kappa shape index (κ1) is 14.9. The van der Waals surface area contributed by atoms with E-state index in [1.54, 1.807) is 0 Å². The van der Waals surface area contributed by atoms with Gasteiger partial charge in [0, 0.05) is 18.3 Å². The van der Waals surface area contributed by atoms with Crippen LogP contribution in [0.3, 0.4) is 0 Å². The number of nitrogens with two attached hydrogens (primary N) is 1. The first-order valence-electron chi connectivity index (χ1n) is 5.61. The average Bonchev–Trinajstić information content (AvgIpc) is 2.24. The van der Waals surface area contributed by atoms with E-state index < -0.39 is 0 Å². The number of carbonyl (C=O) groups excluding carboxylic acids is 1. The Hall–Kier alpha value is -1.13. The molecule has 0 aliphatic rings. The maximum Gasteiger partial charge on any atom is 0.179 e. The van der Waals surface area contributed by atoms with E-state index in [0.717, 1.165) is 26.1 Å². The largest absolute Gasteiger partial charge is 0.401 e. The summed E-state index contributed by atoms with van der Waals surface area (Å²) in [6.07, 6.45) is 3.76. The lowest BCUT2D eigenvalue weighted by Gasteiger charge is -2.16. The molecule has 3 N–H and O–H groups in total. The molecule has 0 spiro atoms. The van der Waals surface area contributed by atoms with Crippen molar-refractivity contribution < 1.29 is 4.79 Å². The van der Waals surface area contributed by atoms with Crippen molar-refractivity contribution in [1.29, 1.82) is 0 Å². The smallest absolute Gasteiger partial charge is 0.179 e. The molecular weight excluding hydrogens is 202 g/mol. The third kappa shape index (κ3) is 8.20. The van der Waals surface area contributed by atoms with Crippen LogP contribution in [-0.4, -0.2) is 43.9 Å². The average molecular weight is 225 g/mol. The van der Waals surface area contributed by atoms with E-state index in [1.165, 1.54) is 12.2 Å². The molecule has 0 aliphatic heterocycles. The SMILES string of the molecule is C=CC(=O)C=C(N)CN(C)CCCNCC. The number of hydrogen-bond acceptors (Lipinski definition) is 4. The Morgan fingerprint density at radius 1 is 1.56 bits per heavy atom. The van der Waals surface area contributed by atoms with Crippen molar-refractivity contribution in [3.8, 4) is 0 Å². The molecule has 0 aromatic rings. The second-order valence-corrected chi connectivity index (χ2v) is 3.77. The van der Waals surface area contributed by atoms with Gasteiger partial charge < -0.3 is 16.0 Å². The number of nitrogens with zero attached hydrogens (tertiary/aromatic N) is 1. The Bertz CT molecular complexity index is 249. The van der Waals surface area contributed by atoms with Crippen LogP contribution in [0.5, 0.6) is 0 Å². The minimum Gasteiger partial charge on any atom is -0.401 e. The predicted molar refractivity (Wildman–Crippen MR) is 68.1 cm³/mol. The van der Waals surface area contributed by atoms with Crippen molar-refractivity contribution >= 4 is 5.78 Å². The summed E-state index contributed by atoms with van der Waals surface area (Å²) in [5, 5.41) is 3.26. The summed E-state index contributed by atoms with van der Waals surface area (Å²) in [5.41, 5.74) is 6.30. The van der Waals surface area contributed by atoms with E-state index in [0.29, 0.717) is 12.2 Å². The van der Waals surface area contributed by atoms with Crippen molar-refractivity contribution in [2.24, 2.45) is 5.73 Å². The molecule has 0 rings (SSSR count). The van der Waals surface area contributed by atoms with Crippen LogP contribution >= 0.6 is 0 Å². The van der Waals surface area contributed by atoms with Crippen LogP contribution in [0.25, 0.3) is 0 Å². The first-order chi connectivity index (χ1) is 7.60. The summed E-state index contributed by atoms with van der Waals surface area (Å²) in [4.78, 5) is 13.1. The van der Waals surface area contributed by atoms with Crippen molar-refractivity contribution in [1.82, 2.24) is 10.2 Å². The molecule has 0 radical (unpaired) electrons. The molecule has 4 heteroatoms. The molecule has 0 unspecified atom stereocenters. The highest BCUT2D eigenvalue weighted by atomic mass is 16.1. The molecule has 0 heterocycles. The lowest BCUT2D eigenvalue weighted by atomic mass is 10.3. The number of ketones is 1. The maximum atomic E-state index is 11.0. The van der Waals surface area contributed by atoms with Gasteiger partial charge >= 0.3 is 0 Å². The van der Waals surface area contributed by atoms with Crippen molar-refractivity contribution in [2.45, 2.75) is 13.3 Å². The van der Waals surface area contributed by atoms with Gasteiger partial charge in [0.2, 0.25) is 0 Å². The highest BCUT2D eigenvalue weighted by Crippen LogP contribution is 1.93. The van der Waals surface area contributed by atoms with Crippen LogP contribution in [0.15, 0.2) is 24.4 Å². The van der Waals surface area contributed by atoms with Gasteiger partial charge in [-0.25, -0.2) is 0 Å². The second kappa shape index (κ2) is 9.12. The third-order valence-corrected chi connectivity index (χ3v) is 2.12. The van der Waals surface area contributed by atoms with Crippen molar-refractivity contribution in [3.63, 3.8) is 0 Å². The molecule has 4 nitrogen and oxygen atoms in total. The fraction of sp³-hybridized carbons (Fsp3) is 0.583. The number of carbonyl (C=O) groups is 1. The number of hydrogen-bond donors (Lipinski definition) is 2. The van der Waals surface area contributed by atoms with E-state index >= 15 is 0 Å². The van der Waals surface area contributed by atoms with Crippen LogP contribution in [0.1, 0.15) is 13.3 Å². The summed E-state index contributed by atoms with van der Waals surface area (Å²) < 4.78 is 0. The summed E-state index contributed by atoms with van der Waals surface area (Å²) in [5.74, 6) is -0.140. The molecule has 0 saturated carbocycles. The standard InChI is InChI=1S/C12H23N3O/c1-4-12(16)9-11(13)10-15(3)8-6-7-14-5-2/h4,9,14H,1,5-8,10,13H2,2-3H3. The van der Waals surface area contributed by atoms with Crippen LogP contribution < -0.4 is 11.1 Å². The van der Waals surface area contributed by atoms with Crippen molar-refractivity contribution in [3.05, 3.63) is 24.4 Å². The fourth-order valence-corrected chi connectivity index (χ4v) is 1.33. The Balaban J connectivity index is 3.77. The molecule has 0 amide bonds. The predicted octanol–water partition coefficient (Wildman–Crippen LogP) is 0.516. The van der Waals surface area contributed by atoms with Crippen LogP contribution in [-0.2, 0) is 4.79 Å². The summed E-state index contributed by atoms with van der Waals surface area (Å²) in [7, 11) is 1.99. The van der Waals surface area contributed by atoms with Gasteiger partial charge in [-0.2, -0.15) is 0 Å². The van der Waals surface area contributed by atoms with E-state index in [2.05, 4.69) is 23.7 Å². The zero-order valence-electron chi connectivity index (χ0n) is 10.3. The molecule has 0 atom stereocenters. The number of rotatable bonds is 9. The fourth-order valence-electron chi connectivity index (χ4n) is 1.33. The molecule has 16 heavy (non-hydrogen) atoms. The second-order valence-electron chi connectivity index (χ2n) is 3.77. The Morgan fingerprint density at radius 2 is 2.25 bits per heavy atom. The monoisotopic (exact) mass is 225 g/mol. The number of nitrogens with one attached hydrogen (secondary N) is 1. The topological polar surface area (TPSA) is 58.4 Å². The van der Waals surface area contributed by atoms with Gasteiger partial charge in [0.25, 0.3) is 0 Å². The van der Waals surface area contributed by atoms with Crippen molar-refractivity contribution in [2.75, 3.05) is 33.2 Å². The quantitative estimate of drug-likeness (QED) is 0.443. The zero-order chi connectivity index (χ0) is 12.4. The van der Waals surface area contributed by atoms with Crippen LogP contribution in [0.2, 0.25) is 0 Å². The normalized spacial score (nSPS) is 11.8. The Labute approximate surface area is 98.2 Å². The molecule has 0 aromatic heterocycles. The molecule has 92 valence electrons. The first-order valence-corrected chi connectivity index (χ1v) is 5.61. The Kier molecular flexibility index (Phi) is 8.48. The van der Waals surface area contributed by atoms with E-state index in [-0.39, 0.29) is 5.78 Å². The number of allylic oxidation sites excluding steroid dienone is 2. The van der Waals surface area contributed by atoms with Gasteiger partial charge in [0.05, 0.1) is 0 Å². The lowest BCUT2D eigenvalue weighted by molar-refractivity contribution is -0.110. The third-order valence-electron chi connectivity index (χ3n) is 2.12. The van der Waals surface area contributed by atoms with Gasteiger partial charge in [0.15, 0.2) is 5.78 Å². The van der Waals surface area contributed by atoms with Crippen LogP contribution in [0.4, 0.5) is 0 Å². The molecule has 0 aliphatic carbocycles. The van der Waals surface area contributed by atoms with E-state index in [1.807, 2.05) is 7.05 Å². The van der Waals surface area contributed by atoms with Gasteiger partial charge in [0.1, 0.15) is 0 Å². The molecule has 0 bridgehead atoms. The number of likely N-dealkylation sites (N-methyl/N-ethyl adjacent to an activating group) is 1. The lowest BCUT2D eigenvalue weighted by Crippen LogP contribution is -2.28. The van der Waals surface area contributed by atoms with Gasteiger partial charge in [-0.3, -0.25) is 4.79 Å². The molecular formula is C12H23N3O. The van der Waals surface area contributed by atoms with E-state index in [9.17, 15) is 4.79 Å². The Morgan fingerprint density at radius 3 is 2.81 bits per heavy atom. The molecule has 0 saturated heterocycles. The summed E-state index contributed by atoms with van der Waals surface area (Å²) in [6.45, 7) is 9.07. The zero-order valence-corrected chi connectivity index (χ0v) is 10.3. The molecule has 0 fully saturated rings. The highest BCUT2D eigenvalue weighted by Gasteiger charge is 2.00. The van der Waals surface area contributed by atoms with E-state index in [4.69, 9.17) is 5.73 Å². The van der Waals surface area contributed by atoms with Gasteiger partial charge in [-0.05, 0) is 39.2 Å². The highest BCUT2D eigenvalue weighted by molar-refractivity contribution is 5.99. The summed E-state index contributed by atoms with van der Waals surface area (Å²) in [6, 6.07) is 0. The van der Waals surface area contributed by atoms with Crippen LogP contribution in [0, 0.1) is 0 Å². The van der Waals surface area contributed by atoms with Gasteiger partial charge in [-0.1, -0.05) is 13.5 Å². The molecule has 0 aromatic carbocycles. The van der Waals surface area contributed by atoms with Gasteiger partial charge in [-0.15, -0.1) is 0 Å². The minimum atomic E-state index is -0.140. The summed E-state index contributed by atoms with van der Waals surface area (Å²) >= 11 is 0. The maximum absolute atomic E-state index is 11.0. The minimum absolute atomic E-state index is 0.140.